The van der Waals surface area contributed by atoms with Gasteiger partial charge in [-0.3, -0.25) is 14.2 Å². The van der Waals surface area contributed by atoms with Gasteiger partial charge in [0.1, 0.15) is 11.4 Å². The second kappa shape index (κ2) is 10.3. The highest BCUT2D eigenvalue weighted by Crippen LogP contribution is 2.27. The van der Waals surface area contributed by atoms with Crippen molar-refractivity contribution in [2.75, 3.05) is 23.0 Å². The number of carbonyl (C=O) groups is 1. The van der Waals surface area contributed by atoms with E-state index in [0.29, 0.717) is 11.4 Å². The maximum absolute atomic E-state index is 12.9. The lowest BCUT2D eigenvalue weighted by molar-refractivity contribution is -0.904. The Morgan fingerprint density at radius 2 is 2.17 bits per heavy atom. The Morgan fingerprint density at radius 3 is 2.77 bits per heavy atom. The molecule has 0 saturated carbocycles. The van der Waals surface area contributed by atoms with E-state index in [4.69, 9.17) is 11.6 Å². The molecule has 2 aromatic rings. The largest absolute Gasteiger partial charge is 0.389 e. The van der Waals surface area contributed by atoms with Crippen LogP contribution in [-0.4, -0.2) is 49.3 Å². The van der Waals surface area contributed by atoms with E-state index < -0.39 is 29.3 Å². The molecule has 0 aromatic carbocycles. The quantitative estimate of drug-likeness (QED) is 0.454. The van der Waals surface area contributed by atoms with Crippen LogP contribution in [-0.2, 0) is 15.6 Å². The predicted octanol–water partition coefficient (Wildman–Crippen LogP) is 3.13. The summed E-state index contributed by atoms with van der Waals surface area (Å²) in [6, 6.07) is 3.29. The maximum Gasteiger partial charge on any atom is 0.389 e. The molecule has 1 amide bonds. The number of rotatable bonds is 9. The first-order valence-electron chi connectivity index (χ1n) is 9.21. The minimum atomic E-state index is -4.28. The topological polar surface area (TPSA) is 79.3 Å². The fourth-order valence-electron chi connectivity index (χ4n) is 2.82. The number of nitrogens with zero attached hydrogens (tertiary/aromatic N) is 4. The number of alkyl halides is 3. The Labute approximate surface area is 179 Å². The van der Waals surface area contributed by atoms with Gasteiger partial charge in [-0.2, -0.15) is 18.3 Å². The van der Waals surface area contributed by atoms with Crippen LogP contribution >= 0.6 is 11.6 Å². The molecule has 2 heterocycles. The lowest BCUT2D eigenvalue weighted by Gasteiger charge is -2.23. The number of carbonyl (C=O) groups excluding carboxylic acids is 1. The zero-order valence-corrected chi connectivity index (χ0v) is 18.0. The molecule has 0 radical (unpaired) electrons. The van der Waals surface area contributed by atoms with Crippen molar-refractivity contribution in [2.24, 2.45) is 5.92 Å². The zero-order valence-electron chi connectivity index (χ0n) is 16.5. The average Bonchev–Trinajstić information content (AvgIpc) is 3.03. The number of hydrogen-bond donors (Lipinski definition) is 1. The Kier molecular flexibility index (Phi) is 8.25. The van der Waals surface area contributed by atoms with Crippen LogP contribution < -0.4 is 9.63 Å². The third-order valence-electron chi connectivity index (χ3n) is 4.25. The summed E-state index contributed by atoms with van der Waals surface area (Å²) in [5.41, 5.74) is 0.850. The molecule has 0 aliphatic carbocycles. The Hall–Kier alpha value is -2.14. The van der Waals surface area contributed by atoms with Gasteiger partial charge in [-0.1, -0.05) is 18.5 Å². The second-order valence-corrected chi connectivity index (χ2v) is 8.68. The minimum Gasteiger partial charge on any atom is -0.308 e. The van der Waals surface area contributed by atoms with Gasteiger partial charge in [-0.05, 0) is 19.4 Å². The number of halogens is 4. The fraction of sp³-hybridized carbons (Fsp3) is 0.500. The highest BCUT2D eigenvalue weighted by Gasteiger charge is 2.28. The van der Waals surface area contributed by atoms with Gasteiger partial charge in [-0.15, -0.1) is 0 Å². The molecule has 0 spiro atoms. The number of aromatic nitrogens is 3. The molecule has 2 atom stereocenters. The van der Waals surface area contributed by atoms with E-state index in [9.17, 15) is 27.4 Å². The molecule has 0 saturated heterocycles. The summed E-state index contributed by atoms with van der Waals surface area (Å²) in [5.74, 6) is -1.18. The van der Waals surface area contributed by atoms with Crippen molar-refractivity contribution >= 4 is 34.0 Å². The van der Waals surface area contributed by atoms with Crippen molar-refractivity contribution in [3.05, 3.63) is 35.9 Å². The summed E-state index contributed by atoms with van der Waals surface area (Å²) < 4.78 is 51.0. The van der Waals surface area contributed by atoms with Crippen molar-refractivity contribution < 1.29 is 32.1 Å². The molecule has 0 bridgehead atoms. The van der Waals surface area contributed by atoms with E-state index in [-0.39, 0.29) is 35.5 Å². The molecule has 2 rings (SSSR count). The fourth-order valence-corrected chi connectivity index (χ4v) is 4.39. The second-order valence-electron chi connectivity index (χ2n) is 6.70. The van der Waals surface area contributed by atoms with Crippen LogP contribution in [0.2, 0.25) is 5.15 Å². The number of pyridine rings is 1. The van der Waals surface area contributed by atoms with E-state index in [1.165, 1.54) is 28.2 Å². The van der Waals surface area contributed by atoms with E-state index >= 15 is 0 Å². The standard InChI is InChI=1S/C18H23ClF3N4O3S/c1-3-25(17(27)13(2)12-30(29)9-5-7-18(20,21)22)15-11-26(23-16(15)19)14-6-4-8-24(28)10-14/h4,6,8,10-11,13,28H,3,5,7,9,12H2,1-2H3/q+1. The van der Waals surface area contributed by atoms with Crippen LogP contribution in [0.1, 0.15) is 26.7 Å². The smallest absolute Gasteiger partial charge is 0.308 e. The summed E-state index contributed by atoms with van der Waals surface area (Å²) in [5, 5.41) is 13.8. The SMILES string of the molecule is CCN(C(=O)C(C)CS(=O)CCCC(F)(F)F)c1cn(-c2ccc[n+](O)c2)nc1Cl. The van der Waals surface area contributed by atoms with Gasteiger partial charge in [0.15, 0.2) is 5.15 Å². The molecule has 0 aliphatic heterocycles. The highest BCUT2D eigenvalue weighted by atomic mass is 35.5. The lowest BCUT2D eigenvalue weighted by Crippen LogP contribution is -2.37. The molecule has 2 unspecified atom stereocenters. The summed E-state index contributed by atoms with van der Waals surface area (Å²) >= 11 is 6.21. The first kappa shape index (κ1) is 24.1. The molecule has 30 heavy (non-hydrogen) atoms. The van der Waals surface area contributed by atoms with E-state index in [0.717, 1.165) is 4.73 Å². The van der Waals surface area contributed by atoms with Crippen LogP contribution in [0.4, 0.5) is 18.9 Å². The van der Waals surface area contributed by atoms with Gasteiger partial charge in [0, 0.05) is 52.0 Å². The van der Waals surface area contributed by atoms with Gasteiger partial charge in [0.2, 0.25) is 18.3 Å². The van der Waals surface area contributed by atoms with E-state index in [1.807, 2.05) is 0 Å². The van der Waals surface area contributed by atoms with Crippen LogP contribution in [0, 0.1) is 5.92 Å². The van der Waals surface area contributed by atoms with Crippen LogP contribution in [0.25, 0.3) is 5.69 Å². The van der Waals surface area contributed by atoms with Gasteiger partial charge in [0.05, 0.1) is 6.20 Å². The van der Waals surface area contributed by atoms with Crippen molar-refractivity contribution in [3.63, 3.8) is 0 Å². The zero-order chi connectivity index (χ0) is 22.5. The lowest BCUT2D eigenvalue weighted by atomic mass is 10.2. The number of hydrogen-bond acceptors (Lipinski definition) is 4. The minimum absolute atomic E-state index is 0.0395. The first-order chi connectivity index (χ1) is 14.0. The van der Waals surface area contributed by atoms with Crippen LogP contribution in [0.3, 0.4) is 0 Å². The van der Waals surface area contributed by atoms with E-state index in [1.54, 1.807) is 26.0 Å². The van der Waals surface area contributed by atoms with Crippen molar-refractivity contribution in [3.8, 4) is 5.69 Å². The molecule has 0 aliphatic rings. The maximum atomic E-state index is 12.9. The molecule has 7 nitrogen and oxygen atoms in total. The first-order valence-corrected chi connectivity index (χ1v) is 11.1. The summed E-state index contributed by atoms with van der Waals surface area (Å²) in [7, 11) is -1.54. The van der Waals surface area contributed by atoms with Crippen molar-refractivity contribution in [1.82, 2.24) is 9.78 Å². The van der Waals surface area contributed by atoms with Gasteiger partial charge in [-0.25, -0.2) is 4.68 Å². The number of amides is 1. The van der Waals surface area contributed by atoms with E-state index in [2.05, 4.69) is 5.10 Å². The molecule has 1 N–H and O–H groups in total. The third-order valence-corrected chi connectivity index (χ3v) is 6.13. The Balaban J connectivity index is 2.08. The molecular weight excluding hydrogens is 445 g/mol. The van der Waals surface area contributed by atoms with Gasteiger partial charge < -0.3 is 4.90 Å². The van der Waals surface area contributed by atoms with Gasteiger partial charge >= 0.3 is 6.18 Å². The Bertz CT molecular complexity index is 907. The average molecular weight is 468 g/mol. The molecule has 12 heteroatoms. The van der Waals surface area contributed by atoms with Gasteiger partial charge in [0.25, 0.3) is 0 Å². The van der Waals surface area contributed by atoms with Crippen molar-refractivity contribution in [2.45, 2.75) is 32.9 Å². The predicted molar refractivity (Wildman–Crippen MR) is 106 cm³/mol. The summed E-state index contributed by atoms with van der Waals surface area (Å²) in [6.45, 7) is 3.59. The molecule has 0 fully saturated rings. The molecule has 166 valence electrons. The summed E-state index contributed by atoms with van der Waals surface area (Å²) in [6.07, 6.45) is -1.16. The Morgan fingerprint density at radius 1 is 1.47 bits per heavy atom. The monoisotopic (exact) mass is 467 g/mol. The molecular formula is C18H23ClF3N4O3S+. The normalized spacial score (nSPS) is 13.8. The third kappa shape index (κ3) is 6.69. The molecule has 2 aromatic heterocycles. The van der Waals surface area contributed by atoms with Crippen molar-refractivity contribution in [1.29, 1.82) is 0 Å². The highest BCUT2D eigenvalue weighted by molar-refractivity contribution is 7.85. The van der Waals surface area contributed by atoms with Crippen LogP contribution in [0.15, 0.2) is 30.7 Å². The number of anilines is 1. The van der Waals surface area contributed by atoms with Crippen LogP contribution in [0.5, 0.6) is 0 Å². The summed E-state index contributed by atoms with van der Waals surface area (Å²) in [4.78, 5) is 14.3.